The Morgan fingerprint density at radius 3 is 2.95 bits per heavy atom. The highest BCUT2D eigenvalue weighted by molar-refractivity contribution is 5.94. The van der Waals surface area contributed by atoms with E-state index >= 15 is 0 Å². The number of fused-ring (bicyclic) bond motifs is 1. The van der Waals surface area contributed by atoms with E-state index in [9.17, 15) is 4.79 Å². The molecule has 3 rings (SSSR count). The predicted octanol–water partition coefficient (Wildman–Crippen LogP) is 2.20. The second-order valence-corrected chi connectivity index (χ2v) is 6.36. The third-order valence-corrected chi connectivity index (χ3v) is 4.39. The smallest absolute Gasteiger partial charge is 0.274 e. The molecule has 1 saturated carbocycles. The summed E-state index contributed by atoms with van der Waals surface area (Å²) in [5, 5.41) is 16.0. The summed E-state index contributed by atoms with van der Waals surface area (Å²) < 4.78 is 5.77. The van der Waals surface area contributed by atoms with Crippen molar-refractivity contribution in [2.24, 2.45) is 5.92 Å². The van der Waals surface area contributed by atoms with Crippen molar-refractivity contribution in [3.63, 3.8) is 0 Å². The predicted molar refractivity (Wildman–Crippen MR) is 80.1 cm³/mol. The quantitative estimate of drug-likeness (QED) is 0.904. The van der Waals surface area contributed by atoms with Crippen LogP contribution in [0.4, 0.5) is 0 Å². The van der Waals surface area contributed by atoms with Crippen LogP contribution >= 0.6 is 0 Å². The number of nitrogens with one attached hydrogen (secondary N) is 1. The molecule has 1 aromatic rings. The van der Waals surface area contributed by atoms with E-state index in [4.69, 9.17) is 10.00 Å². The first-order chi connectivity index (χ1) is 10.6. The topological polar surface area (TPSA) is 82.0 Å². The zero-order valence-corrected chi connectivity index (χ0v) is 13.1. The summed E-state index contributed by atoms with van der Waals surface area (Å²) in [5.41, 5.74) is 2.40. The van der Waals surface area contributed by atoms with E-state index in [1.165, 1.54) is 12.8 Å². The van der Waals surface area contributed by atoms with Crippen LogP contribution < -0.4 is 0 Å². The van der Waals surface area contributed by atoms with Gasteiger partial charge < -0.3 is 9.64 Å². The summed E-state index contributed by atoms with van der Waals surface area (Å²) in [6, 6.07) is 2.13. The number of hydrogen-bond donors (Lipinski definition) is 1. The van der Waals surface area contributed by atoms with Crippen LogP contribution in [0.25, 0.3) is 0 Å². The second kappa shape index (κ2) is 6.09. The van der Waals surface area contributed by atoms with Crippen molar-refractivity contribution in [2.45, 2.75) is 51.7 Å². The Bertz CT molecular complexity index is 600. The lowest BCUT2D eigenvalue weighted by Gasteiger charge is -2.26. The summed E-state index contributed by atoms with van der Waals surface area (Å²) in [7, 11) is 0. The van der Waals surface area contributed by atoms with Crippen molar-refractivity contribution in [1.29, 1.82) is 5.26 Å². The number of hydrogen-bond acceptors (Lipinski definition) is 4. The first-order valence-corrected chi connectivity index (χ1v) is 7.99. The van der Waals surface area contributed by atoms with Crippen LogP contribution in [0.1, 0.15) is 61.0 Å². The van der Waals surface area contributed by atoms with E-state index < -0.39 is 0 Å². The summed E-state index contributed by atoms with van der Waals surface area (Å²) in [5.74, 6) is 0.541. The fourth-order valence-electron chi connectivity index (χ4n) is 3.07. The summed E-state index contributed by atoms with van der Waals surface area (Å²) in [6.45, 7) is 5.20. The summed E-state index contributed by atoms with van der Waals surface area (Å²) >= 11 is 0. The maximum Gasteiger partial charge on any atom is 0.274 e. The molecule has 1 aliphatic carbocycles. The van der Waals surface area contributed by atoms with Gasteiger partial charge in [0, 0.05) is 25.1 Å². The normalized spacial score (nSPS) is 23.7. The van der Waals surface area contributed by atoms with Crippen LogP contribution in [0.5, 0.6) is 0 Å². The van der Waals surface area contributed by atoms with Crippen molar-refractivity contribution in [1.82, 2.24) is 15.1 Å². The molecule has 0 aromatic carbocycles. The number of nitrogens with zero attached hydrogens (tertiary/aromatic N) is 3. The Hall–Kier alpha value is -1.87. The third kappa shape index (κ3) is 3.00. The van der Waals surface area contributed by atoms with Gasteiger partial charge in [0.15, 0.2) is 5.69 Å². The van der Waals surface area contributed by atoms with E-state index in [-0.39, 0.29) is 18.1 Å². The number of rotatable bonds is 5. The highest BCUT2D eigenvalue weighted by atomic mass is 16.5. The Kier molecular flexibility index (Phi) is 4.16. The van der Waals surface area contributed by atoms with Gasteiger partial charge in [-0.15, -0.1) is 0 Å². The minimum Gasteiger partial charge on any atom is -0.369 e. The van der Waals surface area contributed by atoms with Gasteiger partial charge in [-0.2, -0.15) is 10.4 Å². The Labute approximate surface area is 130 Å². The lowest BCUT2D eigenvalue weighted by molar-refractivity contribution is -0.00702. The number of aromatic amines is 1. The van der Waals surface area contributed by atoms with Crippen LogP contribution in [0.2, 0.25) is 0 Å². The molecule has 0 spiro atoms. The minimum atomic E-state index is -0.0659. The molecular weight excluding hydrogens is 280 g/mol. The Balaban J connectivity index is 1.82. The molecule has 118 valence electrons. The number of carbonyl (C=O) groups is 1. The number of aromatic nitrogens is 2. The Morgan fingerprint density at radius 1 is 1.50 bits per heavy atom. The number of carbonyl (C=O) groups excluding carboxylic acids is 1. The molecule has 0 saturated heterocycles. The van der Waals surface area contributed by atoms with Crippen LogP contribution in [0.15, 0.2) is 0 Å². The maximum atomic E-state index is 12.9. The molecule has 1 fully saturated rings. The van der Waals surface area contributed by atoms with Gasteiger partial charge in [-0.25, -0.2) is 0 Å². The van der Waals surface area contributed by atoms with Gasteiger partial charge in [-0.05, 0) is 32.6 Å². The Morgan fingerprint density at radius 2 is 2.27 bits per heavy atom. The van der Waals surface area contributed by atoms with Crippen LogP contribution in [0.3, 0.4) is 0 Å². The lowest BCUT2D eigenvalue weighted by Crippen LogP contribution is -2.35. The number of ether oxygens (including phenoxy) is 1. The molecule has 6 heteroatoms. The fourth-order valence-corrected chi connectivity index (χ4v) is 3.07. The average Bonchev–Trinajstić information content (AvgIpc) is 3.20. The van der Waals surface area contributed by atoms with Gasteiger partial charge >= 0.3 is 0 Å². The molecule has 2 aliphatic rings. The van der Waals surface area contributed by atoms with E-state index in [1.807, 2.05) is 13.8 Å². The highest BCUT2D eigenvalue weighted by Crippen LogP contribution is 2.32. The molecule has 0 bridgehead atoms. The molecule has 0 unspecified atom stereocenters. The molecule has 1 N–H and O–H groups in total. The van der Waals surface area contributed by atoms with E-state index in [1.54, 1.807) is 4.90 Å². The van der Waals surface area contributed by atoms with E-state index in [2.05, 4.69) is 16.3 Å². The molecule has 6 nitrogen and oxygen atoms in total. The maximum absolute atomic E-state index is 12.9. The number of H-pyrrole nitrogens is 1. The zero-order valence-electron chi connectivity index (χ0n) is 13.1. The van der Waals surface area contributed by atoms with Gasteiger partial charge in [0.25, 0.3) is 5.91 Å². The molecule has 2 heterocycles. The molecule has 1 aliphatic heterocycles. The third-order valence-electron chi connectivity index (χ3n) is 4.39. The van der Waals surface area contributed by atoms with Crippen molar-refractivity contribution < 1.29 is 9.53 Å². The standard InChI is InChI=1S/C16H22N4O2/c1-10-8-13-14(11(2)22-10)18-19-15(13)16(21)20(7-3-6-17)9-12-4-5-12/h10-12H,3-5,7-9H2,1-2H3,(H,18,19)/t10-,11+/m1/s1. The lowest BCUT2D eigenvalue weighted by atomic mass is 9.99. The molecule has 22 heavy (non-hydrogen) atoms. The fraction of sp³-hybridized carbons (Fsp3) is 0.688. The first-order valence-electron chi connectivity index (χ1n) is 7.99. The summed E-state index contributed by atoms with van der Waals surface area (Å²) in [4.78, 5) is 14.6. The first kappa shape index (κ1) is 15.0. The van der Waals surface area contributed by atoms with Crippen molar-refractivity contribution in [3.8, 4) is 6.07 Å². The number of amides is 1. The minimum absolute atomic E-state index is 0.0547. The molecule has 0 radical (unpaired) electrons. The van der Waals surface area contributed by atoms with Gasteiger partial charge in [-0.1, -0.05) is 0 Å². The molecular formula is C16H22N4O2. The highest BCUT2D eigenvalue weighted by Gasteiger charge is 2.33. The van der Waals surface area contributed by atoms with E-state index in [0.29, 0.717) is 31.0 Å². The van der Waals surface area contributed by atoms with Crippen LogP contribution in [0, 0.1) is 17.2 Å². The van der Waals surface area contributed by atoms with E-state index in [0.717, 1.165) is 17.8 Å². The zero-order chi connectivity index (χ0) is 15.7. The largest absolute Gasteiger partial charge is 0.369 e. The summed E-state index contributed by atoms with van der Waals surface area (Å²) in [6.07, 6.45) is 3.44. The van der Waals surface area contributed by atoms with Crippen molar-refractivity contribution in [3.05, 3.63) is 17.0 Å². The molecule has 1 aromatic heterocycles. The molecule has 1 amide bonds. The van der Waals surface area contributed by atoms with Gasteiger partial charge in [0.2, 0.25) is 0 Å². The monoisotopic (exact) mass is 302 g/mol. The molecule has 2 atom stereocenters. The van der Waals surface area contributed by atoms with Gasteiger partial charge in [-0.3, -0.25) is 9.89 Å². The SMILES string of the molecule is C[C@@H]1Cc2c(C(=O)N(CCC#N)CC3CC3)n[nH]c2[C@H](C)O1. The van der Waals surface area contributed by atoms with Crippen LogP contribution in [-0.2, 0) is 11.2 Å². The van der Waals surface area contributed by atoms with Gasteiger partial charge in [0.05, 0.1) is 30.4 Å². The second-order valence-electron chi connectivity index (χ2n) is 6.36. The van der Waals surface area contributed by atoms with Crippen molar-refractivity contribution >= 4 is 5.91 Å². The van der Waals surface area contributed by atoms with Crippen molar-refractivity contribution in [2.75, 3.05) is 13.1 Å². The number of nitriles is 1. The average molecular weight is 302 g/mol. The van der Waals surface area contributed by atoms with Gasteiger partial charge in [0.1, 0.15) is 0 Å². The van der Waals surface area contributed by atoms with Crippen LogP contribution in [-0.4, -0.2) is 40.2 Å².